The van der Waals surface area contributed by atoms with E-state index in [-0.39, 0.29) is 12.1 Å². The van der Waals surface area contributed by atoms with Gasteiger partial charge in [0, 0.05) is 22.5 Å². The van der Waals surface area contributed by atoms with Gasteiger partial charge in [0.25, 0.3) is 0 Å². The van der Waals surface area contributed by atoms with Gasteiger partial charge in [0.2, 0.25) is 6.71 Å². The molecule has 0 spiro atoms. The van der Waals surface area contributed by atoms with Gasteiger partial charge >= 0.3 is 0 Å². The molecule has 0 fully saturated rings. The standard InChI is InChI=1S/C48H40BN/c1-31-16-21-40(22-17-31)50-44-24-18-32(2)26-43(44)49-42-23-20-36(30-41(42)48(4,5)46-33(3)19-25-45(50)47(46)49)39-28-37(34-12-8-6-9-13-34)27-38(29-39)35-14-10-7-11-15-35/h6-30H,1-5H3. The number of hydrogen-bond acceptors (Lipinski definition) is 1. The summed E-state index contributed by atoms with van der Waals surface area (Å²) < 4.78 is 0. The summed E-state index contributed by atoms with van der Waals surface area (Å²) in [5.74, 6) is 0. The van der Waals surface area contributed by atoms with Crippen molar-refractivity contribution in [3.63, 3.8) is 0 Å². The van der Waals surface area contributed by atoms with Crippen LogP contribution in [0.2, 0.25) is 0 Å². The van der Waals surface area contributed by atoms with Crippen molar-refractivity contribution in [1.29, 1.82) is 0 Å². The van der Waals surface area contributed by atoms with Gasteiger partial charge in [0.1, 0.15) is 0 Å². The molecule has 0 saturated heterocycles. The van der Waals surface area contributed by atoms with Crippen LogP contribution in [0.15, 0.2) is 152 Å². The van der Waals surface area contributed by atoms with Crippen LogP contribution in [-0.2, 0) is 5.41 Å². The third-order valence-electron chi connectivity index (χ3n) is 11.1. The molecular weight excluding hydrogens is 601 g/mol. The third-order valence-corrected chi connectivity index (χ3v) is 11.1. The number of anilines is 3. The summed E-state index contributed by atoms with van der Waals surface area (Å²) in [5.41, 5.74) is 22.0. The summed E-state index contributed by atoms with van der Waals surface area (Å²) in [7, 11) is 0. The van der Waals surface area contributed by atoms with Gasteiger partial charge in [-0.3, -0.25) is 0 Å². The number of benzene rings is 7. The molecule has 1 nitrogen and oxygen atoms in total. The first-order chi connectivity index (χ1) is 24.3. The van der Waals surface area contributed by atoms with E-state index in [9.17, 15) is 0 Å². The fraction of sp³-hybridized carbons (Fsp3) is 0.125. The Hall–Kier alpha value is -5.60. The van der Waals surface area contributed by atoms with Gasteiger partial charge in [-0.15, -0.1) is 0 Å². The summed E-state index contributed by atoms with van der Waals surface area (Å²) in [6.07, 6.45) is 0. The van der Waals surface area contributed by atoms with Crippen LogP contribution in [0.1, 0.15) is 41.7 Å². The maximum atomic E-state index is 2.51. The van der Waals surface area contributed by atoms with Crippen LogP contribution in [0, 0.1) is 20.8 Å². The second-order valence-electron chi connectivity index (χ2n) is 14.8. The van der Waals surface area contributed by atoms with Gasteiger partial charge in [-0.25, -0.2) is 0 Å². The highest BCUT2D eigenvalue weighted by Crippen LogP contribution is 2.44. The molecule has 0 aromatic heterocycles. The Morgan fingerprint density at radius 3 is 1.68 bits per heavy atom. The van der Waals surface area contributed by atoms with Crippen molar-refractivity contribution in [2.75, 3.05) is 4.90 Å². The van der Waals surface area contributed by atoms with Gasteiger partial charge in [-0.05, 0) is 124 Å². The van der Waals surface area contributed by atoms with E-state index in [0.717, 1.165) is 0 Å². The molecule has 0 aliphatic carbocycles. The summed E-state index contributed by atoms with van der Waals surface area (Å²) in [4.78, 5) is 2.50. The quantitative estimate of drug-likeness (QED) is 0.173. The van der Waals surface area contributed by atoms with Crippen LogP contribution in [0.25, 0.3) is 33.4 Å². The first kappa shape index (κ1) is 30.5. The van der Waals surface area contributed by atoms with Crippen LogP contribution in [0.3, 0.4) is 0 Å². The van der Waals surface area contributed by atoms with E-state index in [1.807, 2.05) is 0 Å². The Morgan fingerprint density at radius 2 is 1.04 bits per heavy atom. The lowest BCUT2D eigenvalue weighted by molar-refractivity contribution is 0.641. The summed E-state index contributed by atoms with van der Waals surface area (Å²) >= 11 is 0. The average Bonchev–Trinajstić information content (AvgIpc) is 3.14. The molecule has 2 heterocycles. The Bertz CT molecular complexity index is 2370. The highest BCUT2D eigenvalue weighted by atomic mass is 15.1. The predicted molar refractivity (Wildman–Crippen MR) is 215 cm³/mol. The van der Waals surface area contributed by atoms with Crippen LogP contribution in [-0.4, -0.2) is 6.71 Å². The van der Waals surface area contributed by atoms with Crippen LogP contribution in [0.4, 0.5) is 17.1 Å². The third kappa shape index (κ3) is 4.77. The monoisotopic (exact) mass is 641 g/mol. The Labute approximate surface area is 297 Å². The van der Waals surface area contributed by atoms with Gasteiger partial charge in [0.05, 0.1) is 0 Å². The zero-order valence-electron chi connectivity index (χ0n) is 29.5. The Balaban J connectivity index is 1.27. The topological polar surface area (TPSA) is 3.24 Å². The number of nitrogens with zero attached hydrogens (tertiary/aromatic N) is 1. The second-order valence-corrected chi connectivity index (χ2v) is 14.8. The fourth-order valence-electron chi connectivity index (χ4n) is 8.78. The largest absolute Gasteiger partial charge is 0.312 e. The highest BCUT2D eigenvalue weighted by Gasteiger charge is 2.46. The number of fused-ring (bicyclic) bond motifs is 4. The van der Waals surface area contributed by atoms with E-state index in [2.05, 4.69) is 191 Å². The van der Waals surface area contributed by atoms with E-state index < -0.39 is 0 Å². The normalized spacial score (nSPS) is 13.8. The van der Waals surface area contributed by atoms with Crippen molar-refractivity contribution in [1.82, 2.24) is 0 Å². The number of hydrogen-bond donors (Lipinski definition) is 0. The number of rotatable bonds is 4. The van der Waals surface area contributed by atoms with Crippen molar-refractivity contribution >= 4 is 40.2 Å². The van der Waals surface area contributed by atoms with E-state index in [1.54, 1.807) is 0 Å². The van der Waals surface area contributed by atoms with Crippen molar-refractivity contribution in [3.8, 4) is 33.4 Å². The molecule has 50 heavy (non-hydrogen) atoms. The van der Waals surface area contributed by atoms with Crippen LogP contribution in [0.5, 0.6) is 0 Å². The lowest BCUT2D eigenvalue weighted by atomic mass is 9.30. The molecule has 0 unspecified atom stereocenters. The summed E-state index contributed by atoms with van der Waals surface area (Å²) in [5, 5.41) is 0. The molecule has 9 rings (SSSR count). The lowest BCUT2D eigenvalue weighted by Gasteiger charge is -2.46. The molecule has 7 aromatic rings. The van der Waals surface area contributed by atoms with Crippen molar-refractivity contribution in [2.45, 2.75) is 40.0 Å². The molecule has 0 saturated carbocycles. The minimum Gasteiger partial charge on any atom is -0.312 e. The predicted octanol–water partition coefficient (Wildman–Crippen LogP) is 10.6. The molecule has 7 aromatic carbocycles. The van der Waals surface area contributed by atoms with Gasteiger partial charge < -0.3 is 4.90 Å². The smallest absolute Gasteiger partial charge is 0.247 e. The molecule has 0 bridgehead atoms. The molecule has 2 aliphatic heterocycles. The number of aryl methyl sites for hydroxylation is 3. The maximum absolute atomic E-state index is 2.51. The molecule has 2 heteroatoms. The SMILES string of the molecule is Cc1ccc(N2c3ccc(C)cc3B3c4ccc(-c5cc(-c6ccccc6)cc(-c6ccccc6)c5)cc4C(C)(C)c4c(C)ccc2c43)cc1. The van der Waals surface area contributed by atoms with Crippen molar-refractivity contribution < 1.29 is 0 Å². The molecule has 0 atom stereocenters. The molecule has 240 valence electrons. The first-order valence-corrected chi connectivity index (χ1v) is 17.8. The lowest BCUT2D eigenvalue weighted by Crippen LogP contribution is -2.64. The zero-order valence-corrected chi connectivity index (χ0v) is 29.5. The van der Waals surface area contributed by atoms with E-state index >= 15 is 0 Å². The Morgan fingerprint density at radius 1 is 0.460 bits per heavy atom. The van der Waals surface area contributed by atoms with Crippen molar-refractivity contribution in [2.24, 2.45) is 0 Å². The fourth-order valence-corrected chi connectivity index (χ4v) is 8.78. The molecule has 2 aliphatic rings. The molecular formula is C48H40BN. The van der Waals surface area contributed by atoms with Gasteiger partial charge in [0.15, 0.2) is 0 Å². The summed E-state index contributed by atoms with van der Waals surface area (Å²) in [6, 6.07) is 56.7. The average molecular weight is 642 g/mol. The minimum atomic E-state index is -0.198. The van der Waals surface area contributed by atoms with Crippen molar-refractivity contribution in [3.05, 3.63) is 179 Å². The van der Waals surface area contributed by atoms with Crippen LogP contribution >= 0.6 is 0 Å². The van der Waals surface area contributed by atoms with Crippen LogP contribution < -0.4 is 21.3 Å². The van der Waals surface area contributed by atoms with Gasteiger partial charge in [-0.2, -0.15) is 0 Å². The highest BCUT2D eigenvalue weighted by molar-refractivity contribution is 6.99. The van der Waals surface area contributed by atoms with E-state index in [1.165, 1.54) is 94.6 Å². The first-order valence-electron chi connectivity index (χ1n) is 17.8. The maximum Gasteiger partial charge on any atom is 0.247 e. The minimum absolute atomic E-state index is 0.157. The molecule has 0 radical (unpaired) electrons. The zero-order chi connectivity index (χ0) is 34.1. The second kappa shape index (κ2) is 11.5. The Kier molecular flexibility index (Phi) is 7.00. The van der Waals surface area contributed by atoms with E-state index in [0.29, 0.717) is 0 Å². The van der Waals surface area contributed by atoms with Gasteiger partial charge in [-0.1, -0.05) is 140 Å². The molecule has 0 amide bonds. The van der Waals surface area contributed by atoms with E-state index in [4.69, 9.17) is 0 Å². The summed E-state index contributed by atoms with van der Waals surface area (Å²) in [6.45, 7) is 11.7. The molecule has 0 N–H and O–H groups in total.